The van der Waals surface area contributed by atoms with Crippen LogP contribution in [0.2, 0.25) is 0 Å². The van der Waals surface area contributed by atoms with Crippen molar-refractivity contribution in [2.45, 2.75) is 37.0 Å². The number of hydrogen-bond acceptors (Lipinski definition) is 4. The van der Waals surface area contributed by atoms with E-state index in [2.05, 4.69) is 5.32 Å². The van der Waals surface area contributed by atoms with Crippen LogP contribution in [0.3, 0.4) is 0 Å². The molecule has 1 fully saturated rings. The molecule has 6 nitrogen and oxygen atoms in total. The molecule has 7 heteroatoms. The average molecular weight is 415 g/mol. The Hall–Kier alpha value is -2.38. The van der Waals surface area contributed by atoms with Gasteiger partial charge in [0.15, 0.2) is 0 Å². The van der Waals surface area contributed by atoms with Gasteiger partial charge in [0.25, 0.3) is 0 Å². The number of carbonyl (C=O) groups is 1. The van der Waals surface area contributed by atoms with Gasteiger partial charge in [0.05, 0.1) is 10.8 Å². The van der Waals surface area contributed by atoms with Crippen molar-refractivity contribution in [3.05, 3.63) is 54.1 Å². The molecule has 2 heterocycles. The lowest BCUT2D eigenvalue weighted by Gasteiger charge is -2.24. The number of rotatable bonds is 4. The van der Waals surface area contributed by atoms with E-state index in [4.69, 9.17) is 4.74 Å². The number of benzene rings is 2. The fraction of sp³-hybridized carbons (Fsp3) is 0.409. The van der Waals surface area contributed by atoms with Gasteiger partial charge in [-0.3, -0.25) is 4.79 Å². The molecule has 0 spiro atoms. The minimum atomic E-state index is -3.48. The molecule has 2 aliphatic rings. The van der Waals surface area contributed by atoms with E-state index in [-0.39, 0.29) is 16.7 Å². The van der Waals surface area contributed by atoms with Gasteiger partial charge in [-0.15, -0.1) is 0 Å². The van der Waals surface area contributed by atoms with E-state index in [0.29, 0.717) is 31.8 Å². The lowest BCUT2D eigenvalue weighted by molar-refractivity contribution is -0.121. The smallest absolute Gasteiger partial charge is 0.243 e. The van der Waals surface area contributed by atoms with Crippen molar-refractivity contribution in [3.8, 4) is 5.75 Å². The van der Waals surface area contributed by atoms with E-state index < -0.39 is 10.0 Å². The topological polar surface area (TPSA) is 75.7 Å². The van der Waals surface area contributed by atoms with Crippen molar-refractivity contribution >= 4 is 21.6 Å². The third kappa shape index (κ3) is 4.46. The number of nitrogens with one attached hydrogen (secondary N) is 1. The summed E-state index contributed by atoms with van der Waals surface area (Å²) in [6.45, 7) is 1.48. The first kappa shape index (κ1) is 19.9. The summed E-state index contributed by atoms with van der Waals surface area (Å²) in [7, 11) is -3.48. The molecule has 154 valence electrons. The Bertz CT molecular complexity index is 965. The number of anilines is 1. The van der Waals surface area contributed by atoms with Crippen molar-refractivity contribution in [1.29, 1.82) is 0 Å². The zero-order valence-corrected chi connectivity index (χ0v) is 17.2. The summed E-state index contributed by atoms with van der Waals surface area (Å²) in [5.74, 6) is 0.438. The maximum absolute atomic E-state index is 12.9. The quantitative estimate of drug-likeness (QED) is 0.832. The molecule has 2 aromatic carbocycles. The highest BCUT2D eigenvalue weighted by atomic mass is 32.2. The van der Waals surface area contributed by atoms with Gasteiger partial charge in [-0.25, -0.2) is 8.42 Å². The Kier molecular flexibility index (Phi) is 5.87. The summed E-state index contributed by atoms with van der Waals surface area (Å²) in [4.78, 5) is 12.9. The monoisotopic (exact) mass is 414 g/mol. The number of fused-ring (bicyclic) bond motifs is 1. The van der Waals surface area contributed by atoms with Crippen LogP contribution in [0, 0.1) is 5.92 Å². The zero-order chi connectivity index (χ0) is 20.3. The Morgan fingerprint density at radius 1 is 0.966 bits per heavy atom. The first-order chi connectivity index (χ1) is 14.0. The summed E-state index contributed by atoms with van der Waals surface area (Å²) in [6, 6.07) is 14.2. The second-order valence-electron chi connectivity index (χ2n) is 7.65. The molecular weight excluding hydrogens is 388 g/mol. The molecule has 2 aliphatic heterocycles. The van der Waals surface area contributed by atoms with E-state index in [0.717, 1.165) is 37.0 Å². The number of nitrogens with zero attached hydrogens (tertiary/aromatic N) is 1. The van der Waals surface area contributed by atoms with Crippen molar-refractivity contribution < 1.29 is 17.9 Å². The van der Waals surface area contributed by atoms with E-state index in [1.807, 2.05) is 24.3 Å². The predicted octanol–water partition coefficient (Wildman–Crippen LogP) is 3.44. The Morgan fingerprint density at radius 2 is 1.66 bits per heavy atom. The van der Waals surface area contributed by atoms with Gasteiger partial charge in [-0.2, -0.15) is 4.31 Å². The number of ether oxygens (including phenoxy) is 1. The van der Waals surface area contributed by atoms with E-state index >= 15 is 0 Å². The van der Waals surface area contributed by atoms with E-state index in [9.17, 15) is 13.2 Å². The van der Waals surface area contributed by atoms with Crippen molar-refractivity contribution in [3.63, 3.8) is 0 Å². The fourth-order valence-electron chi connectivity index (χ4n) is 3.88. The molecule has 0 saturated carbocycles. The number of amides is 1. The van der Waals surface area contributed by atoms with Gasteiger partial charge in [0.1, 0.15) is 12.4 Å². The largest absolute Gasteiger partial charge is 0.492 e. The van der Waals surface area contributed by atoms with Gasteiger partial charge < -0.3 is 10.1 Å². The third-order valence-corrected chi connectivity index (χ3v) is 7.49. The minimum Gasteiger partial charge on any atom is -0.492 e. The molecule has 1 saturated heterocycles. The van der Waals surface area contributed by atoms with Gasteiger partial charge in [-0.1, -0.05) is 31.0 Å². The highest BCUT2D eigenvalue weighted by Crippen LogP contribution is 2.28. The number of sulfonamides is 1. The Labute approximate surface area is 171 Å². The number of para-hydroxylation sites is 1. The summed E-state index contributed by atoms with van der Waals surface area (Å²) < 4.78 is 33.0. The van der Waals surface area contributed by atoms with Gasteiger partial charge >= 0.3 is 0 Å². The molecule has 0 bridgehead atoms. The van der Waals surface area contributed by atoms with Crippen LogP contribution in [0.4, 0.5) is 5.69 Å². The molecule has 29 heavy (non-hydrogen) atoms. The van der Waals surface area contributed by atoms with Crippen LogP contribution in [0.15, 0.2) is 53.4 Å². The molecule has 1 unspecified atom stereocenters. The van der Waals surface area contributed by atoms with Gasteiger partial charge in [0, 0.05) is 18.8 Å². The number of hydrogen-bond donors (Lipinski definition) is 1. The second-order valence-corrected chi connectivity index (χ2v) is 9.59. The molecule has 2 aromatic rings. The maximum atomic E-state index is 12.9. The van der Waals surface area contributed by atoms with Crippen LogP contribution in [0.25, 0.3) is 0 Å². The third-order valence-electron chi connectivity index (χ3n) is 5.57. The zero-order valence-electron chi connectivity index (χ0n) is 16.3. The summed E-state index contributed by atoms with van der Waals surface area (Å²) in [6.07, 6.45) is 4.59. The van der Waals surface area contributed by atoms with Crippen LogP contribution in [-0.2, 0) is 21.2 Å². The van der Waals surface area contributed by atoms with Crippen molar-refractivity contribution in [1.82, 2.24) is 4.31 Å². The lowest BCUT2D eigenvalue weighted by atomic mass is 9.96. The first-order valence-electron chi connectivity index (χ1n) is 10.2. The molecule has 1 N–H and O–H groups in total. The second kappa shape index (κ2) is 8.55. The van der Waals surface area contributed by atoms with Crippen LogP contribution in [0.1, 0.15) is 31.2 Å². The van der Waals surface area contributed by atoms with Crippen LogP contribution >= 0.6 is 0 Å². The van der Waals surface area contributed by atoms with E-state index in [1.165, 1.54) is 0 Å². The van der Waals surface area contributed by atoms with Gasteiger partial charge in [0.2, 0.25) is 15.9 Å². The number of carbonyl (C=O) groups excluding carboxylic acids is 1. The standard InChI is InChI=1S/C22H26N2O4S/c25-22(18-15-17-7-3-4-8-21(17)28-16-18)23-19-9-11-20(12-10-19)29(26,27)24-13-5-1-2-6-14-24/h3-4,7-12,18H,1-2,5-6,13-16H2,(H,23,25). The predicted molar refractivity (Wildman–Crippen MR) is 111 cm³/mol. The molecule has 0 aromatic heterocycles. The molecule has 0 aliphatic carbocycles. The minimum absolute atomic E-state index is 0.123. The normalized spacial score (nSPS) is 20.2. The first-order valence-corrected chi connectivity index (χ1v) is 11.6. The highest BCUT2D eigenvalue weighted by Gasteiger charge is 2.27. The summed E-state index contributed by atoms with van der Waals surface area (Å²) in [5, 5.41) is 2.88. The van der Waals surface area contributed by atoms with Crippen LogP contribution in [0.5, 0.6) is 5.75 Å². The average Bonchev–Trinajstić information content (AvgIpc) is 3.04. The Balaban J connectivity index is 1.41. The van der Waals surface area contributed by atoms with Crippen LogP contribution < -0.4 is 10.1 Å². The molecule has 4 rings (SSSR count). The van der Waals surface area contributed by atoms with Crippen LogP contribution in [-0.4, -0.2) is 38.3 Å². The summed E-state index contributed by atoms with van der Waals surface area (Å²) >= 11 is 0. The molecule has 1 amide bonds. The van der Waals surface area contributed by atoms with Crippen molar-refractivity contribution in [2.75, 3.05) is 25.0 Å². The Morgan fingerprint density at radius 3 is 2.38 bits per heavy atom. The lowest BCUT2D eigenvalue weighted by Crippen LogP contribution is -2.33. The maximum Gasteiger partial charge on any atom is 0.243 e. The SMILES string of the molecule is O=C(Nc1ccc(S(=O)(=O)N2CCCCCC2)cc1)C1COc2ccccc2C1. The van der Waals surface area contributed by atoms with E-state index in [1.54, 1.807) is 28.6 Å². The molecular formula is C22H26N2O4S. The van der Waals surface area contributed by atoms with Gasteiger partial charge in [-0.05, 0) is 55.2 Å². The molecule has 1 atom stereocenters. The highest BCUT2D eigenvalue weighted by molar-refractivity contribution is 7.89. The fourth-order valence-corrected chi connectivity index (χ4v) is 5.40. The molecule has 0 radical (unpaired) electrons. The summed E-state index contributed by atoms with van der Waals surface area (Å²) in [5.41, 5.74) is 1.61. The van der Waals surface area contributed by atoms with Crippen molar-refractivity contribution in [2.24, 2.45) is 5.92 Å².